The second-order valence-corrected chi connectivity index (χ2v) is 7.01. The first-order valence-electron chi connectivity index (χ1n) is 9.33. The van der Waals surface area contributed by atoms with Crippen LogP contribution in [0.25, 0.3) is 5.69 Å². The highest BCUT2D eigenvalue weighted by atomic mass is 19.4. The van der Waals surface area contributed by atoms with Crippen LogP contribution in [-0.4, -0.2) is 27.4 Å². The number of carbonyl (C=O) groups is 1. The van der Waals surface area contributed by atoms with Crippen molar-refractivity contribution in [1.29, 1.82) is 0 Å². The molecule has 0 spiro atoms. The maximum atomic E-state index is 13.3. The van der Waals surface area contributed by atoms with Crippen LogP contribution in [0.4, 0.5) is 17.6 Å². The number of halogens is 4. The van der Waals surface area contributed by atoms with E-state index in [1.165, 1.54) is 65.2 Å². The van der Waals surface area contributed by atoms with Crippen LogP contribution in [0, 0.1) is 5.82 Å². The van der Waals surface area contributed by atoms with Gasteiger partial charge in [-0.25, -0.2) is 9.37 Å². The van der Waals surface area contributed by atoms with Gasteiger partial charge in [-0.05, 0) is 42.8 Å². The normalized spacial score (nSPS) is 12.5. The second-order valence-electron chi connectivity index (χ2n) is 7.01. The van der Waals surface area contributed by atoms with Gasteiger partial charge in [-0.15, -0.1) is 0 Å². The lowest BCUT2D eigenvalue weighted by Gasteiger charge is -2.26. The molecule has 1 aromatic heterocycles. The minimum absolute atomic E-state index is 0.218. The molecule has 3 aromatic rings. The molecule has 31 heavy (non-hydrogen) atoms. The number of carbonyl (C=O) groups excluding carboxylic acids is 1. The van der Waals surface area contributed by atoms with Gasteiger partial charge in [0.25, 0.3) is 5.56 Å². The van der Waals surface area contributed by atoms with Gasteiger partial charge in [-0.2, -0.15) is 13.2 Å². The maximum absolute atomic E-state index is 13.3. The number of amides is 1. The largest absolute Gasteiger partial charge is 0.416 e. The van der Waals surface area contributed by atoms with Crippen molar-refractivity contribution < 1.29 is 22.4 Å². The molecule has 2 aromatic carbocycles. The van der Waals surface area contributed by atoms with E-state index in [2.05, 4.69) is 4.98 Å². The summed E-state index contributed by atoms with van der Waals surface area (Å²) in [4.78, 5) is 30.7. The Kier molecular flexibility index (Phi) is 6.24. The Morgan fingerprint density at radius 1 is 1.13 bits per heavy atom. The molecule has 9 heteroatoms. The summed E-state index contributed by atoms with van der Waals surface area (Å²) >= 11 is 0. The number of nitrogens with zero attached hydrogens (tertiary/aromatic N) is 3. The first-order valence-corrected chi connectivity index (χ1v) is 9.33. The van der Waals surface area contributed by atoms with Crippen LogP contribution in [0.3, 0.4) is 0 Å². The van der Waals surface area contributed by atoms with Gasteiger partial charge in [-0.3, -0.25) is 14.2 Å². The quantitative estimate of drug-likeness (QED) is 0.568. The molecule has 0 N–H and O–H groups in total. The number of benzene rings is 2. The molecule has 1 unspecified atom stereocenters. The van der Waals surface area contributed by atoms with Crippen LogP contribution >= 0.6 is 0 Å². The summed E-state index contributed by atoms with van der Waals surface area (Å²) in [7, 11) is 1.48. The average molecular weight is 433 g/mol. The molecular weight excluding hydrogens is 414 g/mol. The molecule has 0 saturated heterocycles. The van der Waals surface area contributed by atoms with Crippen LogP contribution in [0.15, 0.2) is 65.6 Å². The van der Waals surface area contributed by atoms with E-state index in [0.717, 1.165) is 12.1 Å². The van der Waals surface area contributed by atoms with Gasteiger partial charge < -0.3 is 4.90 Å². The topological polar surface area (TPSA) is 55.2 Å². The summed E-state index contributed by atoms with van der Waals surface area (Å²) in [5, 5.41) is 0. The minimum atomic E-state index is -4.50. The Balaban J connectivity index is 1.87. The van der Waals surface area contributed by atoms with E-state index in [-0.39, 0.29) is 17.8 Å². The predicted molar refractivity (Wildman–Crippen MR) is 106 cm³/mol. The number of rotatable bonds is 5. The zero-order chi connectivity index (χ0) is 22.8. The highest BCUT2D eigenvalue weighted by Crippen LogP contribution is 2.30. The van der Waals surface area contributed by atoms with Crippen LogP contribution < -0.4 is 5.56 Å². The van der Waals surface area contributed by atoms with Crippen molar-refractivity contribution in [3.63, 3.8) is 0 Å². The number of hydrogen-bond donors (Lipinski definition) is 0. The first kappa shape index (κ1) is 22.2. The summed E-state index contributed by atoms with van der Waals surface area (Å²) in [6.45, 7) is 1.64. The Morgan fingerprint density at radius 3 is 2.45 bits per heavy atom. The van der Waals surface area contributed by atoms with E-state index in [0.29, 0.717) is 5.69 Å². The Labute approximate surface area is 175 Å². The molecule has 1 heterocycles. The van der Waals surface area contributed by atoms with Crippen molar-refractivity contribution in [2.75, 3.05) is 7.05 Å². The van der Waals surface area contributed by atoms with Gasteiger partial charge in [0.1, 0.15) is 11.6 Å². The smallest absolute Gasteiger partial charge is 0.336 e. The van der Waals surface area contributed by atoms with Gasteiger partial charge in [0, 0.05) is 19.3 Å². The van der Waals surface area contributed by atoms with Gasteiger partial charge in [0.05, 0.1) is 23.7 Å². The molecule has 5 nitrogen and oxygen atoms in total. The lowest BCUT2D eigenvalue weighted by atomic mass is 10.1. The van der Waals surface area contributed by atoms with Crippen molar-refractivity contribution in [1.82, 2.24) is 14.5 Å². The monoisotopic (exact) mass is 433 g/mol. The highest BCUT2D eigenvalue weighted by molar-refractivity contribution is 5.79. The first-order chi connectivity index (χ1) is 14.6. The molecule has 1 atom stereocenters. The van der Waals surface area contributed by atoms with Crippen molar-refractivity contribution >= 4 is 5.91 Å². The van der Waals surface area contributed by atoms with E-state index in [1.54, 1.807) is 6.92 Å². The fraction of sp³-hybridized carbons (Fsp3) is 0.227. The van der Waals surface area contributed by atoms with Crippen molar-refractivity contribution in [2.24, 2.45) is 0 Å². The minimum Gasteiger partial charge on any atom is -0.336 e. The number of alkyl halides is 3. The third kappa shape index (κ3) is 4.99. The zero-order valence-electron chi connectivity index (χ0n) is 16.7. The molecule has 0 fully saturated rings. The zero-order valence-corrected chi connectivity index (χ0v) is 16.7. The SMILES string of the molecule is CC(c1nccc(=O)n1-c1ccc(F)cc1)N(C)C(=O)Cc1cccc(C(F)(F)F)c1. The molecular formula is C22H19F4N3O2. The van der Waals surface area contributed by atoms with Gasteiger partial charge >= 0.3 is 6.18 Å². The number of likely N-dealkylation sites (N-methyl/N-ethyl adjacent to an activating group) is 1. The van der Waals surface area contributed by atoms with Crippen LogP contribution in [0.2, 0.25) is 0 Å². The molecule has 1 amide bonds. The Morgan fingerprint density at radius 2 is 1.81 bits per heavy atom. The van der Waals surface area contributed by atoms with Crippen molar-refractivity contribution in [3.05, 3.63) is 93.9 Å². The third-order valence-corrected chi connectivity index (χ3v) is 4.92. The fourth-order valence-corrected chi connectivity index (χ4v) is 3.11. The second kappa shape index (κ2) is 8.71. The molecule has 0 saturated carbocycles. The molecule has 3 rings (SSSR count). The molecule has 162 valence electrons. The van der Waals surface area contributed by atoms with Crippen molar-refractivity contribution in [3.8, 4) is 5.69 Å². The predicted octanol–water partition coefficient (Wildman–Crippen LogP) is 4.15. The highest BCUT2D eigenvalue weighted by Gasteiger charge is 2.30. The van der Waals surface area contributed by atoms with Gasteiger partial charge in [0.15, 0.2) is 0 Å². The van der Waals surface area contributed by atoms with E-state index < -0.39 is 35.1 Å². The summed E-state index contributed by atoms with van der Waals surface area (Å²) in [6.07, 6.45) is -3.45. The molecule has 0 aliphatic carbocycles. The van der Waals surface area contributed by atoms with Gasteiger partial charge in [0.2, 0.25) is 5.91 Å². The standard InChI is InChI=1S/C22H19F4N3O2/c1-14(21-27-11-10-19(30)29(21)18-8-6-17(23)7-9-18)28(2)20(31)13-15-4-3-5-16(12-15)22(24,25)26/h3-12,14H,13H2,1-2H3. The van der Waals surface area contributed by atoms with E-state index in [9.17, 15) is 27.2 Å². The molecule has 0 bridgehead atoms. The molecule has 0 radical (unpaired) electrons. The van der Waals surface area contributed by atoms with Crippen LogP contribution in [0.1, 0.15) is 29.9 Å². The van der Waals surface area contributed by atoms with E-state index in [4.69, 9.17) is 0 Å². The van der Waals surface area contributed by atoms with E-state index in [1.807, 2.05) is 0 Å². The lowest BCUT2D eigenvalue weighted by molar-refractivity contribution is -0.138. The third-order valence-electron chi connectivity index (χ3n) is 4.92. The average Bonchev–Trinajstić information content (AvgIpc) is 2.73. The van der Waals surface area contributed by atoms with Crippen LogP contribution in [-0.2, 0) is 17.4 Å². The summed E-state index contributed by atoms with van der Waals surface area (Å²) in [5.41, 5.74) is -0.651. The maximum Gasteiger partial charge on any atom is 0.416 e. The van der Waals surface area contributed by atoms with Crippen LogP contribution in [0.5, 0.6) is 0 Å². The molecule has 0 aliphatic rings. The fourth-order valence-electron chi connectivity index (χ4n) is 3.11. The van der Waals surface area contributed by atoms with Gasteiger partial charge in [-0.1, -0.05) is 18.2 Å². The summed E-state index contributed by atoms with van der Waals surface area (Å²) in [6, 6.07) is 10.4. The summed E-state index contributed by atoms with van der Waals surface area (Å²) in [5.74, 6) is -0.682. The number of aromatic nitrogens is 2. The number of hydrogen-bond acceptors (Lipinski definition) is 3. The summed E-state index contributed by atoms with van der Waals surface area (Å²) < 4.78 is 53.3. The van der Waals surface area contributed by atoms with Crippen molar-refractivity contribution in [2.45, 2.75) is 25.6 Å². The Bertz CT molecular complexity index is 1140. The Hall–Kier alpha value is -3.49. The molecule has 0 aliphatic heterocycles. The lowest BCUT2D eigenvalue weighted by Crippen LogP contribution is -2.35. The van der Waals surface area contributed by atoms with E-state index >= 15 is 0 Å².